The van der Waals surface area contributed by atoms with Gasteiger partial charge in [-0.25, -0.2) is 0 Å². The monoisotopic (exact) mass is 182 g/mol. The molecular weight excluding hydrogens is 164 g/mol. The molecule has 0 radical (unpaired) electrons. The number of hydrogen-bond donors (Lipinski definition) is 2. The molecule has 0 atom stereocenters. The van der Waals surface area contributed by atoms with E-state index in [1.807, 2.05) is 0 Å². The second kappa shape index (κ2) is 4.09. The second-order valence-electron chi connectivity index (χ2n) is 4.31. The van der Waals surface area contributed by atoms with Crippen LogP contribution in [0.5, 0.6) is 0 Å². The van der Waals surface area contributed by atoms with Gasteiger partial charge in [0.05, 0.1) is 0 Å². The first kappa shape index (κ1) is 9.00. The van der Waals surface area contributed by atoms with Crippen molar-refractivity contribution in [3.8, 4) is 0 Å². The Morgan fingerprint density at radius 3 is 2.62 bits per heavy atom. The molecule has 0 aromatic heterocycles. The molecule has 1 aliphatic carbocycles. The van der Waals surface area contributed by atoms with E-state index in [0.29, 0.717) is 5.92 Å². The Hall–Kier alpha value is -0.570. The molecule has 0 aromatic carbocycles. The summed E-state index contributed by atoms with van der Waals surface area (Å²) in [6.07, 6.45) is 4.66. The molecule has 3 heteroatoms. The van der Waals surface area contributed by atoms with Crippen LogP contribution in [0.1, 0.15) is 25.7 Å². The molecule has 0 unspecified atom stereocenters. The van der Waals surface area contributed by atoms with Crippen molar-refractivity contribution >= 4 is 5.91 Å². The van der Waals surface area contributed by atoms with E-state index in [-0.39, 0.29) is 5.91 Å². The highest BCUT2D eigenvalue weighted by atomic mass is 16.1. The van der Waals surface area contributed by atoms with E-state index in [0.717, 1.165) is 32.0 Å². The summed E-state index contributed by atoms with van der Waals surface area (Å²) in [7, 11) is 0. The van der Waals surface area contributed by atoms with E-state index in [1.54, 1.807) is 0 Å². The van der Waals surface area contributed by atoms with E-state index >= 15 is 0 Å². The van der Waals surface area contributed by atoms with Gasteiger partial charge in [0.1, 0.15) is 0 Å². The number of carbonyl (C=O) groups is 1. The molecule has 3 nitrogen and oxygen atoms in total. The van der Waals surface area contributed by atoms with Gasteiger partial charge in [0.25, 0.3) is 0 Å². The van der Waals surface area contributed by atoms with Crippen molar-refractivity contribution in [2.45, 2.75) is 25.7 Å². The normalized spacial score (nSPS) is 22.5. The summed E-state index contributed by atoms with van der Waals surface area (Å²) < 4.78 is 0. The van der Waals surface area contributed by atoms with Gasteiger partial charge in [-0.1, -0.05) is 12.8 Å². The van der Waals surface area contributed by atoms with Crippen LogP contribution in [0.3, 0.4) is 0 Å². The van der Waals surface area contributed by atoms with Crippen LogP contribution >= 0.6 is 0 Å². The van der Waals surface area contributed by atoms with Crippen LogP contribution in [0, 0.1) is 11.8 Å². The van der Waals surface area contributed by atoms with Crippen molar-refractivity contribution < 1.29 is 4.79 Å². The number of hydrogen-bond acceptors (Lipinski definition) is 2. The van der Waals surface area contributed by atoms with Crippen LogP contribution in [0.4, 0.5) is 0 Å². The standard InChI is InChI=1S/C10H18N2O/c13-10(5-9-6-11-7-9)12-4-3-8-1-2-8/h8-9,11H,1-7H2,(H,12,13). The lowest BCUT2D eigenvalue weighted by molar-refractivity contribution is -0.122. The third-order valence-electron chi connectivity index (χ3n) is 2.91. The van der Waals surface area contributed by atoms with Crippen LogP contribution in [-0.2, 0) is 4.79 Å². The molecule has 1 heterocycles. The van der Waals surface area contributed by atoms with Gasteiger partial charge in [-0.2, -0.15) is 0 Å². The SMILES string of the molecule is O=C(CC1CNC1)NCCC1CC1. The first-order chi connectivity index (χ1) is 6.34. The molecule has 1 aliphatic heterocycles. The van der Waals surface area contributed by atoms with Crippen molar-refractivity contribution in [1.29, 1.82) is 0 Å². The van der Waals surface area contributed by atoms with Crippen LogP contribution in [-0.4, -0.2) is 25.5 Å². The molecule has 2 N–H and O–H groups in total. The number of nitrogens with one attached hydrogen (secondary N) is 2. The van der Waals surface area contributed by atoms with Gasteiger partial charge in [0.15, 0.2) is 0 Å². The van der Waals surface area contributed by atoms with Crippen molar-refractivity contribution in [3.05, 3.63) is 0 Å². The zero-order valence-electron chi connectivity index (χ0n) is 8.01. The lowest BCUT2D eigenvalue weighted by atomic mass is 9.99. The van der Waals surface area contributed by atoms with E-state index < -0.39 is 0 Å². The summed E-state index contributed by atoms with van der Waals surface area (Å²) in [6.45, 7) is 2.94. The highest BCUT2D eigenvalue weighted by molar-refractivity contribution is 5.76. The van der Waals surface area contributed by atoms with E-state index in [1.165, 1.54) is 19.3 Å². The van der Waals surface area contributed by atoms with Gasteiger partial charge in [-0.3, -0.25) is 4.79 Å². The Morgan fingerprint density at radius 1 is 1.31 bits per heavy atom. The Labute approximate surface area is 79.3 Å². The maximum atomic E-state index is 11.3. The summed E-state index contributed by atoms with van der Waals surface area (Å²) >= 11 is 0. The Bertz CT molecular complexity index is 185. The van der Waals surface area contributed by atoms with Crippen LogP contribution in [0.15, 0.2) is 0 Å². The van der Waals surface area contributed by atoms with Gasteiger partial charge in [-0.05, 0) is 31.3 Å². The molecule has 0 bridgehead atoms. The molecule has 13 heavy (non-hydrogen) atoms. The van der Waals surface area contributed by atoms with Crippen molar-refractivity contribution in [2.75, 3.05) is 19.6 Å². The quantitative estimate of drug-likeness (QED) is 0.650. The second-order valence-corrected chi connectivity index (χ2v) is 4.31. The predicted molar refractivity (Wildman–Crippen MR) is 51.3 cm³/mol. The molecule has 2 aliphatic rings. The Morgan fingerprint density at radius 2 is 2.08 bits per heavy atom. The summed E-state index contributed by atoms with van der Waals surface area (Å²) in [5.74, 6) is 1.76. The predicted octanol–water partition coefficient (Wildman–Crippen LogP) is 0.512. The number of amides is 1. The summed E-state index contributed by atoms with van der Waals surface area (Å²) in [5, 5.41) is 6.16. The third kappa shape index (κ3) is 2.99. The van der Waals surface area contributed by atoms with Gasteiger partial charge >= 0.3 is 0 Å². The topological polar surface area (TPSA) is 41.1 Å². The minimum atomic E-state index is 0.243. The van der Waals surface area contributed by atoms with Crippen LogP contribution in [0.2, 0.25) is 0 Å². The molecule has 1 saturated carbocycles. The summed E-state index contributed by atoms with van der Waals surface area (Å²) in [6, 6.07) is 0. The first-order valence-electron chi connectivity index (χ1n) is 5.32. The third-order valence-corrected chi connectivity index (χ3v) is 2.91. The minimum Gasteiger partial charge on any atom is -0.356 e. The number of rotatable bonds is 5. The zero-order valence-corrected chi connectivity index (χ0v) is 8.01. The highest BCUT2D eigenvalue weighted by Crippen LogP contribution is 2.31. The average Bonchev–Trinajstić information content (AvgIpc) is 2.81. The molecule has 2 rings (SSSR count). The Kier molecular flexibility index (Phi) is 2.83. The molecular formula is C10H18N2O. The lowest BCUT2D eigenvalue weighted by Gasteiger charge is -2.26. The molecule has 0 aromatic rings. The fourth-order valence-electron chi connectivity index (χ4n) is 1.65. The van der Waals surface area contributed by atoms with Crippen molar-refractivity contribution in [2.24, 2.45) is 11.8 Å². The molecule has 74 valence electrons. The zero-order chi connectivity index (χ0) is 9.10. The maximum Gasteiger partial charge on any atom is 0.220 e. The van der Waals surface area contributed by atoms with Gasteiger partial charge < -0.3 is 10.6 Å². The van der Waals surface area contributed by atoms with Gasteiger partial charge in [0.2, 0.25) is 5.91 Å². The Balaban J connectivity index is 1.49. The minimum absolute atomic E-state index is 0.243. The number of carbonyl (C=O) groups excluding carboxylic acids is 1. The summed E-state index contributed by atoms with van der Waals surface area (Å²) in [5.41, 5.74) is 0. The van der Waals surface area contributed by atoms with E-state index in [2.05, 4.69) is 10.6 Å². The van der Waals surface area contributed by atoms with Crippen molar-refractivity contribution in [1.82, 2.24) is 10.6 Å². The maximum absolute atomic E-state index is 11.3. The van der Waals surface area contributed by atoms with Gasteiger partial charge in [0, 0.05) is 13.0 Å². The molecule has 1 saturated heterocycles. The smallest absolute Gasteiger partial charge is 0.220 e. The van der Waals surface area contributed by atoms with Crippen molar-refractivity contribution in [3.63, 3.8) is 0 Å². The molecule has 1 amide bonds. The van der Waals surface area contributed by atoms with Crippen LogP contribution in [0.25, 0.3) is 0 Å². The first-order valence-corrected chi connectivity index (χ1v) is 5.32. The highest BCUT2D eigenvalue weighted by Gasteiger charge is 2.22. The molecule has 0 spiro atoms. The van der Waals surface area contributed by atoms with E-state index in [9.17, 15) is 4.79 Å². The van der Waals surface area contributed by atoms with Gasteiger partial charge in [-0.15, -0.1) is 0 Å². The average molecular weight is 182 g/mol. The fraction of sp³-hybridized carbons (Fsp3) is 0.900. The lowest BCUT2D eigenvalue weighted by Crippen LogP contribution is -2.44. The largest absolute Gasteiger partial charge is 0.356 e. The van der Waals surface area contributed by atoms with Crippen LogP contribution < -0.4 is 10.6 Å². The van der Waals surface area contributed by atoms with E-state index in [4.69, 9.17) is 0 Å². The fourth-order valence-corrected chi connectivity index (χ4v) is 1.65. The molecule has 2 fully saturated rings. The summed E-state index contributed by atoms with van der Waals surface area (Å²) in [4.78, 5) is 11.3.